The number of amides is 1. The molecule has 3 rings (SSSR count). The quantitative estimate of drug-likeness (QED) is 0.817. The van der Waals surface area contributed by atoms with Gasteiger partial charge in [0.25, 0.3) is 0 Å². The molecule has 2 aliphatic heterocycles. The van der Waals surface area contributed by atoms with Crippen molar-refractivity contribution in [2.45, 2.75) is 57.5 Å². The van der Waals surface area contributed by atoms with E-state index in [1.807, 2.05) is 6.92 Å². The van der Waals surface area contributed by atoms with Crippen molar-refractivity contribution < 1.29 is 9.53 Å². The molecule has 1 aromatic rings. The molecule has 0 unspecified atom stereocenters. The highest BCUT2D eigenvalue weighted by molar-refractivity contribution is 5.75. The van der Waals surface area contributed by atoms with Crippen molar-refractivity contribution in [1.82, 2.24) is 19.8 Å². The van der Waals surface area contributed by atoms with E-state index in [1.165, 1.54) is 6.42 Å². The average molecular weight is 346 g/mol. The highest BCUT2D eigenvalue weighted by Gasteiger charge is 2.33. The van der Waals surface area contributed by atoms with E-state index in [0.29, 0.717) is 24.9 Å². The molecule has 1 aromatic heterocycles. The van der Waals surface area contributed by atoms with Crippen LogP contribution in [0.1, 0.15) is 55.4 Å². The molecule has 0 saturated carbocycles. The third kappa shape index (κ3) is 4.55. The molecule has 1 atom stereocenters. The Morgan fingerprint density at radius 3 is 2.76 bits per heavy atom. The lowest BCUT2D eigenvalue weighted by atomic mass is 10.0. The molecular formula is C19H30N4O2. The van der Waals surface area contributed by atoms with Gasteiger partial charge in [-0.25, -0.2) is 9.97 Å². The van der Waals surface area contributed by atoms with Crippen LogP contribution in [0, 0.1) is 6.92 Å². The maximum atomic E-state index is 11.9. The molecule has 1 amide bonds. The predicted octanol–water partition coefficient (Wildman–Crippen LogP) is 2.12. The molecular weight excluding hydrogens is 316 g/mol. The van der Waals surface area contributed by atoms with Gasteiger partial charge in [-0.3, -0.25) is 9.69 Å². The van der Waals surface area contributed by atoms with Crippen LogP contribution in [0.3, 0.4) is 0 Å². The van der Waals surface area contributed by atoms with E-state index in [9.17, 15) is 4.79 Å². The van der Waals surface area contributed by atoms with Gasteiger partial charge in [0.05, 0.1) is 11.7 Å². The number of rotatable bonds is 5. The predicted molar refractivity (Wildman–Crippen MR) is 96.3 cm³/mol. The van der Waals surface area contributed by atoms with Gasteiger partial charge in [0.2, 0.25) is 5.91 Å². The van der Waals surface area contributed by atoms with Gasteiger partial charge >= 0.3 is 0 Å². The molecule has 138 valence electrons. The summed E-state index contributed by atoms with van der Waals surface area (Å²) in [5.74, 6) is 0.950. The van der Waals surface area contributed by atoms with Crippen LogP contribution < -0.4 is 0 Å². The Hall–Kier alpha value is -1.53. The van der Waals surface area contributed by atoms with Gasteiger partial charge in [0.1, 0.15) is 5.82 Å². The SMILES string of the molecule is Cc1nc(CCC(=O)N(C)C)cc([C@H]2CCCN2C2CCOCC2)n1. The summed E-state index contributed by atoms with van der Waals surface area (Å²) < 4.78 is 5.52. The second-order valence-corrected chi connectivity index (χ2v) is 7.36. The molecule has 0 bridgehead atoms. The van der Waals surface area contributed by atoms with Crippen molar-refractivity contribution >= 4 is 5.91 Å². The van der Waals surface area contributed by atoms with E-state index in [-0.39, 0.29) is 5.91 Å². The van der Waals surface area contributed by atoms with E-state index in [2.05, 4.69) is 16.0 Å². The topological polar surface area (TPSA) is 58.6 Å². The Morgan fingerprint density at radius 1 is 1.28 bits per heavy atom. The lowest BCUT2D eigenvalue weighted by Gasteiger charge is -2.35. The summed E-state index contributed by atoms with van der Waals surface area (Å²) >= 11 is 0. The summed E-state index contributed by atoms with van der Waals surface area (Å²) in [7, 11) is 3.59. The Kier molecular flexibility index (Phi) is 6.02. The molecule has 0 spiro atoms. The summed E-state index contributed by atoms with van der Waals surface area (Å²) in [4.78, 5) is 25.4. The molecule has 6 heteroatoms. The maximum Gasteiger partial charge on any atom is 0.222 e. The number of carbonyl (C=O) groups excluding carboxylic acids is 1. The van der Waals surface area contributed by atoms with Gasteiger partial charge in [-0.1, -0.05) is 0 Å². The second kappa shape index (κ2) is 8.23. The van der Waals surface area contributed by atoms with Crippen LogP contribution in [0.5, 0.6) is 0 Å². The molecule has 0 aromatic carbocycles. The minimum atomic E-state index is 0.141. The third-order valence-electron chi connectivity index (χ3n) is 5.30. The van der Waals surface area contributed by atoms with Gasteiger partial charge < -0.3 is 9.64 Å². The van der Waals surface area contributed by atoms with Gasteiger partial charge in [0.15, 0.2) is 0 Å². The number of carbonyl (C=O) groups is 1. The summed E-state index contributed by atoms with van der Waals surface area (Å²) in [5.41, 5.74) is 2.11. The van der Waals surface area contributed by atoms with Crippen LogP contribution in [0.2, 0.25) is 0 Å². The fourth-order valence-electron chi connectivity index (χ4n) is 3.97. The fraction of sp³-hybridized carbons (Fsp3) is 0.737. The van der Waals surface area contributed by atoms with Crippen LogP contribution in [0.15, 0.2) is 6.07 Å². The third-order valence-corrected chi connectivity index (χ3v) is 5.30. The Morgan fingerprint density at radius 2 is 2.04 bits per heavy atom. The van der Waals surface area contributed by atoms with Crippen molar-refractivity contribution in [3.8, 4) is 0 Å². The van der Waals surface area contributed by atoms with Gasteiger partial charge in [0, 0.05) is 45.5 Å². The standard InChI is InChI=1S/C19H30N4O2/c1-14-20-15(6-7-19(24)22(2)3)13-17(21-14)18-5-4-10-23(18)16-8-11-25-12-9-16/h13,16,18H,4-12H2,1-3H3/t18-/m1/s1. The first-order valence-corrected chi connectivity index (χ1v) is 9.42. The molecule has 2 aliphatic rings. The smallest absolute Gasteiger partial charge is 0.222 e. The number of aromatic nitrogens is 2. The van der Waals surface area contributed by atoms with Crippen molar-refractivity contribution in [3.63, 3.8) is 0 Å². The first kappa shape index (κ1) is 18.3. The van der Waals surface area contributed by atoms with Crippen LogP contribution >= 0.6 is 0 Å². The number of hydrogen-bond donors (Lipinski definition) is 0. The van der Waals surface area contributed by atoms with E-state index >= 15 is 0 Å². The monoisotopic (exact) mass is 346 g/mol. The second-order valence-electron chi connectivity index (χ2n) is 7.36. The number of ether oxygens (including phenoxy) is 1. The van der Waals surface area contributed by atoms with Crippen molar-refractivity contribution in [2.75, 3.05) is 33.9 Å². The molecule has 0 aliphatic carbocycles. The van der Waals surface area contributed by atoms with E-state index < -0.39 is 0 Å². The largest absolute Gasteiger partial charge is 0.381 e. The molecule has 0 radical (unpaired) electrons. The van der Waals surface area contributed by atoms with Gasteiger partial charge in [-0.15, -0.1) is 0 Å². The van der Waals surface area contributed by atoms with Crippen LogP contribution in [0.4, 0.5) is 0 Å². The van der Waals surface area contributed by atoms with Crippen LogP contribution in [-0.2, 0) is 16.0 Å². The summed E-state index contributed by atoms with van der Waals surface area (Å²) in [5, 5.41) is 0. The van der Waals surface area contributed by atoms with Gasteiger partial charge in [-0.05, 0) is 51.6 Å². The molecule has 2 fully saturated rings. The molecule has 2 saturated heterocycles. The minimum absolute atomic E-state index is 0.141. The molecule has 25 heavy (non-hydrogen) atoms. The van der Waals surface area contributed by atoms with Crippen molar-refractivity contribution in [1.29, 1.82) is 0 Å². The normalized spacial score (nSPS) is 22.3. The van der Waals surface area contributed by atoms with E-state index in [4.69, 9.17) is 9.72 Å². The summed E-state index contributed by atoms with van der Waals surface area (Å²) in [6.45, 7) is 4.84. The Bertz CT molecular complexity index is 599. The Balaban J connectivity index is 1.73. The number of hydrogen-bond acceptors (Lipinski definition) is 5. The van der Waals surface area contributed by atoms with Crippen molar-refractivity contribution in [3.05, 3.63) is 23.3 Å². The minimum Gasteiger partial charge on any atom is -0.381 e. The summed E-state index contributed by atoms with van der Waals surface area (Å²) in [6, 6.07) is 3.11. The van der Waals surface area contributed by atoms with Crippen LogP contribution in [-0.4, -0.2) is 65.6 Å². The fourth-order valence-corrected chi connectivity index (χ4v) is 3.97. The zero-order valence-electron chi connectivity index (χ0n) is 15.7. The van der Waals surface area contributed by atoms with Crippen molar-refractivity contribution in [2.24, 2.45) is 0 Å². The maximum absolute atomic E-state index is 11.9. The first-order chi connectivity index (χ1) is 12.0. The lowest BCUT2D eigenvalue weighted by Crippen LogP contribution is -2.39. The number of nitrogens with zero attached hydrogens (tertiary/aromatic N) is 4. The number of aryl methyl sites for hydroxylation is 2. The van der Waals surface area contributed by atoms with Gasteiger partial charge in [-0.2, -0.15) is 0 Å². The molecule has 0 N–H and O–H groups in total. The highest BCUT2D eigenvalue weighted by atomic mass is 16.5. The van der Waals surface area contributed by atoms with E-state index in [1.54, 1.807) is 19.0 Å². The molecule has 3 heterocycles. The lowest BCUT2D eigenvalue weighted by molar-refractivity contribution is -0.128. The number of likely N-dealkylation sites (tertiary alicyclic amines) is 1. The first-order valence-electron chi connectivity index (χ1n) is 9.42. The Labute approximate surface area is 150 Å². The van der Waals surface area contributed by atoms with Crippen LogP contribution in [0.25, 0.3) is 0 Å². The van der Waals surface area contributed by atoms with E-state index in [0.717, 1.165) is 56.2 Å². The highest BCUT2D eigenvalue weighted by Crippen LogP contribution is 2.35. The summed E-state index contributed by atoms with van der Waals surface area (Å²) in [6.07, 6.45) is 5.79. The zero-order chi connectivity index (χ0) is 17.8. The average Bonchev–Trinajstić information content (AvgIpc) is 3.09. The molecule has 6 nitrogen and oxygen atoms in total. The zero-order valence-corrected chi connectivity index (χ0v) is 15.7.